The molecule has 308 valence electrons. The highest BCUT2D eigenvalue weighted by Gasteiger charge is 2.44. The molecule has 17 nitrogen and oxygen atoms in total. The molecule has 1 saturated carbocycles. The first-order chi connectivity index (χ1) is 27.1. The molecular formula is C40H54N8O9. The van der Waals surface area contributed by atoms with E-state index in [0.717, 1.165) is 0 Å². The van der Waals surface area contributed by atoms with Crippen LogP contribution in [0.3, 0.4) is 0 Å². The molecule has 3 fully saturated rings. The second kappa shape index (κ2) is 19.0. The Balaban J connectivity index is 1.50. The van der Waals surface area contributed by atoms with Crippen LogP contribution >= 0.6 is 0 Å². The zero-order chi connectivity index (χ0) is 41.4. The van der Waals surface area contributed by atoms with Crippen LogP contribution in [-0.4, -0.2) is 111 Å². The van der Waals surface area contributed by atoms with Crippen LogP contribution in [0.4, 0.5) is 0 Å². The lowest BCUT2D eigenvalue weighted by atomic mass is 9.98. The van der Waals surface area contributed by atoms with Crippen molar-refractivity contribution < 1.29 is 38.7 Å². The number of fused-ring (bicyclic) bond motifs is 2. The summed E-state index contributed by atoms with van der Waals surface area (Å²) < 4.78 is 1.21. The third-order valence-corrected chi connectivity index (χ3v) is 10.7. The van der Waals surface area contributed by atoms with Crippen LogP contribution in [-0.2, 0) is 46.5 Å². The molecule has 2 aliphatic heterocycles. The first-order valence-electron chi connectivity index (χ1n) is 19.6. The Bertz CT molecular complexity index is 1870. The van der Waals surface area contributed by atoms with Crippen molar-refractivity contribution in [1.29, 1.82) is 0 Å². The molecule has 0 bridgehead atoms. The van der Waals surface area contributed by atoms with E-state index < -0.39 is 101 Å². The van der Waals surface area contributed by atoms with Crippen molar-refractivity contribution in [3.63, 3.8) is 0 Å². The Morgan fingerprint density at radius 3 is 2.19 bits per heavy atom. The van der Waals surface area contributed by atoms with Gasteiger partial charge >= 0.3 is 0 Å². The Kier molecular flexibility index (Phi) is 14.2. The van der Waals surface area contributed by atoms with Crippen molar-refractivity contribution in [2.45, 2.75) is 121 Å². The quantitative estimate of drug-likeness (QED) is 0.171. The number of nitrogens with zero attached hydrogens (tertiary/aromatic N) is 2. The highest BCUT2D eigenvalue weighted by Crippen LogP contribution is 2.27. The molecule has 57 heavy (non-hydrogen) atoms. The minimum Gasteiger partial charge on any atom is -0.391 e. The Morgan fingerprint density at radius 2 is 1.51 bits per heavy atom. The topological polar surface area (TPSA) is 237 Å². The van der Waals surface area contributed by atoms with Crippen LogP contribution in [0.15, 0.2) is 59.5 Å². The molecule has 2 aromatic rings. The highest BCUT2D eigenvalue weighted by molar-refractivity contribution is 5.97. The van der Waals surface area contributed by atoms with Crippen LogP contribution in [0.2, 0.25) is 0 Å². The molecule has 17 heteroatoms. The van der Waals surface area contributed by atoms with Gasteiger partial charge in [0.25, 0.3) is 5.56 Å². The lowest BCUT2D eigenvalue weighted by molar-refractivity contribution is -0.143. The number of rotatable bonds is 8. The van der Waals surface area contributed by atoms with Gasteiger partial charge in [-0.3, -0.25) is 38.4 Å². The fourth-order valence-electron chi connectivity index (χ4n) is 7.73. The molecule has 1 aliphatic carbocycles. The van der Waals surface area contributed by atoms with E-state index in [1.54, 1.807) is 42.5 Å². The summed E-state index contributed by atoms with van der Waals surface area (Å²) in [5, 5.41) is 27.3. The fourth-order valence-corrected chi connectivity index (χ4v) is 7.73. The summed E-state index contributed by atoms with van der Waals surface area (Å²) in [6.07, 6.45) is 1.71. The average Bonchev–Trinajstić information content (AvgIpc) is 3.80. The number of carbonyl (C=O) groups is 7. The van der Waals surface area contributed by atoms with Gasteiger partial charge < -0.3 is 46.5 Å². The number of carbonyl (C=O) groups excluding carboxylic acids is 7. The van der Waals surface area contributed by atoms with Gasteiger partial charge in [0.2, 0.25) is 41.4 Å². The van der Waals surface area contributed by atoms with Crippen LogP contribution in [0.1, 0.15) is 65.4 Å². The number of nitrogens with one attached hydrogen (secondary N) is 6. The molecule has 1 unspecified atom stereocenters. The van der Waals surface area contributed by atoms with Gasteiger partial charge in [0.05, 0.1) is 12.0 Å². The summed E-state index contributed by atoms with van der Waals surface area (Å²) in [6.45, 7) is 6.07. The fraction of sp³-hybridized carbons (Fsp3) is 0.550. The summed E-state index contributed by atoms with van der Waals surface area (Å²) in [6, 6.07) is 5.67. The molecule has 0 spiro atoms. The number of hydrogen-bond acceptors (Lipinski definition) is 9. The number of pyridine rings is 1. The third kappa shape index (κ3) is 11.1. The SMILES string of the molecule is CC(C)C[C@@H]1NC(=O)[C@@H]2CCC[C@H]2NC(=O)[C@H](C)NC(=O)C2C[C@@H](NC(=O)Cn3ccccc3=O)CN2C(=O)[C@H](Cc2ccccc2)NC(=O)[C@H]([C@@H](C)O)NC1=O. The second-order valence-electron chi connectivity index (χ2n) is 15.7. The minimum absolute atomic E-state index is 0.0434. The standard InChI is InChI=1S/C40H54N8O9/c1-22(2)17-29-37(54)46-34(24(4)49)39(56)45-30(18-25-11-6-5-7-12-25)40(57)48-20-26(42-32(50)21-47-16-9-8-15-33(47)51)19-31(48)38(55)41-23(3)35(52)43-28-14-10-13-27(28)36(53)44-29/h5-9,11-12,15-16,22-24,26-31,34,49H,10,13-14,17-21H2,1-4H3,(H,41,55)(H,42,50)(H,43,52)(H,44,53)(H,45,56)(H,46,54)/t23-,24+,26+,27+,28+,29-,30-,31?,34-/m0/s1. The number of hydrogen-bond donors (Lipinski definition) is 7. The number of aromatic nitrogens is 1. The van der Waals surface area contributed by atoms with Gasteiger partial charge in [0.1, 0.15) is 36.8 Å². The summed E-state index contributed by atoms with van der Waals surface area (Å²) in [5.41, 5.74) is 0.263. The summed E-state index contributed by atoms with van der Waals surface area (Å²) in [7, 11) is 0. The van der Waals surface area contributed by atoms with Crippen molar-refractivity contribution in [2.24, 2.45) is 11.8 Å². The molecule has 5 rings (SSSR count). The van der Waals surface area contributed by atoms with Crippen molar-refractivity contribution in [3.05, 3.63) is 70.6 Å². The van der Waals surface area contributed by atoms with Crippen molar-refractivity contribution in [3.8, 4) is 0 Å². The molecular weight excluding hydrogens is 736 g/mol. The Morgan fingerprint density at radius 1 is 0.807 bits per heavy atom. The van der Waals surface area contributed by atoms with Gasteiger partial charge in [-0.2, -0.15) is 0 Å². The number of amides is 7. The Hall–Kier alpha value is -5.58. The van der Waals surface area contributed by atoms with Gasteiger partial charge in [0.15, 0.2) is 0 Å². The average molecular weight is 791 g/mol. The normalized spacial score (nSPS) is 28.4. The first-order valence-corrected chi connectivity index (χ1v) is 19.6. The summed E-state index contributed by atoms with van der Waals surface area (Å²) in [5.74, 6) is -5.22. The van der Waals surface area contributed by atoms with Crippen LogP contribution in [0.5, 0.6) is 0 Å². The van der Waals surface area contributed by atoms with E-state index in [9.17, 15) is 43.5 Å². The van der Waals surface area contributed by atoms with Gasteiger partial charge in [0, 0.05) is 37.3 Å². The zero-order valence-electron chi connectivity index (χ0n) is 32.7. The molecule has 3 aliphatic rings. The maximum atomic E-state index is 14.6. The highest BCUT2D eigenvalue weighted by atomic mass is 16.3. The lowest BCUT2D eigenvalue weighted by Crippen LogP contribution is -2.61. The molecule has 3 heterocycles. The summed E-state index contributed by atoms with van der Waals surface area (Å²) in [4.78, 5) is 110. The largest absolute Gasteiger partial charge is 0.391 e. The van der Waals surface area contributed by atoms with Gasteiger partial charge in [-0.15, -0.1) is 0 Å². The molecule has 7 amide bonds. The Labute approximate surface area is 331 Å². The lowest BCUT2D eigenvalue weighted by Gasteiger charge is -2.31. The van der Waals surface area contributed by atoms with E-state index in [2.05, 4.69) is 31.9 Å². The number of aliphatic hydroxyl groups excluding tert-OH is 1. The van der Waals surface area contributed by atoms with Gasteiger partial charge in [-0.1, -0.05) is 56.7 Å². The molecule has 9 atom stereocenters. The predicted molar refractivity (Wildman–Crippen MR) is 207 cm³/mol. The van der Waals surface area contributed by atoms with Gasteiger partial charge in [-0.25, -0.2) is 0 Å². The smallest absolute Gasteiger partial charge is 0.250 e. The monoisotopic (exact) mass is 790 g/mol. The van der Waals surface area contributed by atoms with E-state index in [1.165, 1.54) is 35.6 Å². The molecule has 1 aromatic heterocycles. The molecule has 2 saturated heterocycles. The molecule has 7 N–H and O–H groups in total. The zero-order valence-corrected chi connectivity index (χ0v) is 32.7. The van der Waals surface area contributed by atoms with E-state index in [-0.39, 0.29) is 38.3 Å². The maximum Gasteiger partial charge on any atom is 0.250 e. The van der Waals surface area contributed by atoms with E-state index in [1.807, 2.05) is 13.8 Å². The predicted octanol–water partition coefficient (Wildman–Crippen LogP) is -1.14. The minimum atomic E-state index is -1.54. The van der Waals surface area contributed by atoms with Crippen molar-refractivity contribution in [2.75, 3.05) is 6.54 Å². The van der Waals surface area contributed by atoms with Crippen molar-refractivity contribution >= 4 is 41.4 Å². The first kappa shape index (κ1) is 42.6. The summed E-state index contributed by atoms with van der Waals surface area (Å²) >= 11 is 0. The van der Waals surface area contributed by atoms with E-state index in [4.69, 9.17) is 0 Å². The van der Waals surface area contributed by atoms with E-state index in [0.29, 0.717) is 24.8 Å². The van der Waals surface area contributed by atoms with E-state index >= 15 is 0 Å². The van der Waals surface area contributed by atoms with Crippen LogP contribution in [0, 0.1) is 11.8 Å². The van der Waals surface area contributed by atoms with Crippen LogP contribution in [0.25, 0.3) is 0 Å². The second-order valence-corrected chi connectivity index (χ2v) is 15.7. The molecule has 0 radical (unpaired) electrons. The molecule has 1 aromatic carbocycles. The number of aliphatic hydroxyl groups is 1. The third-order valence-electron chi connectivity index (χ3n) is 10.7. The number of benzene rings is 1. The van der Waals surface area contributed by atoms with Crippen LogP contribution < -0.4 is 37.5 Å². The van der Waals surface area contributed by atoms with Gasteiger partial charge in [-0.05, 0) is 57.1 Å². The maximum absolute atomic E-state index is 14.6. The van der Waals surface area contributed by atoms with Crippen molar-refractivity contribution in [1.82, 2.24) is 41.4 Å².